The van der Waals surface area contributed by atoms with Gasteiger partial charge in [-0.3, -0.25) is 9.10 Å². The largest absolute Gasteiger partial charge is 0.457 e. The Morgan fingerprint density at radius 2 is 1.93 bits per heavy atom. The molecule has 3 aromatic rings. The highest BCUT2D eigenvalue weighted by atomic mass is 35.5. The van der Waals surface area contributed by atoms with Crippen LogP contribution in [-0.2, 0) is 22.2 Å². The van der Waals surface area contributed by atoms with Gasteiger partial charge < -0.3 is 4.74 Å². The number of nitriles is 1. The van der Waals surface area contributed by atoms with Crippen molar-refractivity contribution in [2.24, 2.45) is 0 Å². The molecule has 0 amide bonds. The highest BCUT2D eigenvalue weighted by Crippen LogP contribution is 2.33. The predicted molar refractivity (Wildman–Crippen MR) is 166 cm³/mol. The first-order chi connectivity index (χ1) is 19.7. The number of rotatable bonds is 10. The number of benzene rings is 3. The van der Waals surface area contributed by atoms with Gasteiger partial charge >= 0.3 is 0 Å². The summed E-state index contributed by atoms with van der Waals surface area (Å²) in [4.78, 5) is 14.0. The van der Waals surface area contributed by atoms with Crippen molar-refractivity contribution in [2.45, 2.75) is 39.5 Å². The predicted octanol–water partition coefficient (Wildman–Crippen LogP) is 7.98. The van der Waals surface area contributed by atoms with E-state index in [0.29, 0.717) is 27.8 Å². The molecule has 4 rings (SSSR count). The molecule has 0 N–H and O–H groups in total. The highest BCUT2D eigenvalue weighted by molar-refractivity contribution is 7.83. The van der Waals surface area contributed by atoms with Gasteiger partial charge in [-0.1, -0.05) is 66.7 Å². The maximum Gasteiger partial charge on any atom is 0.149 e. The van der Waals surface area contributed by atoms with Crippen molar-refractivity contribution in [1.29, 1.82) is 5.26 Å². The fourth-order valence-electron chi connectivity index (χ4n) is 5.02. The Morgan fingerprint density at radius 3 is 2.59 bits per heavy atom. The average Bonchev–Trinajstić information content (AvgIpc) is 3.39. The maximum absolute atomic E-state index is 14.0. The summed E-state index contributed by atoms with van der Waals surface area (Å²) in [5, 5.41) is 9.69. The van der Waals surface area contributed by atoms with Crippen molar-refractivity contribution in [3.63, 3.8) is 0 Å². The van der Waals surface area contributed by atoms with Crippen LogP contribution in [0.25, 0.3) is 0 Å². The lowest BCUT2D eigenvalue weighted by Crippen LogP contribution is -2.19. The SMILES string of the molecule is C=C/C(=C(C)\C=C(/C)N1CCCS1=O)C(C(=O)Cc1ccc(C)c(Oc2cc(Cl)cc(C#N)c2)c1)c1ccccc1. The van der Waals surface area contributed by atoms with Gasteiger partial charge in [0.15, 0.2) is 0 Å². The Balaban J connectivity index is 1.66. The van der Waals surface area contributed by atoms with Crippen LogP contribution in [-0.4, -0.2) is 26.6 Å². The number of hydrogen-bond donors (Lipinski definition) is 0. The average molecular weight is 585 g/mol. The third-order valence-electron chi connectivity index (χ3n) is 7.05. The molecule has 1 aliphatic rings. The number of carbonyl (C=O) groups excluding carboxylic acids is 1. The molecule has 1 aliphatic heterocycles. The van der Waals surface area contributed by atoms with Gasteiger partial charge in [-0.2, -0.15) is 5.26 Å². The first-order valence-corrected chi connectivity index (χ1v) is 15.1. The molecular formula is C34H33ClN2O3S. The Kier molecular flexibility index (Phi) is 9.99. The molecule has 1 fully saturated rings. The molecule has 41 heavy (non-hydrogen) atoms. The molecule has 3 aromatic carbocycles. The summed E-state index contributed by atoms with van der Waals surface area (Å²) in [6, 6.07) is 22.4. The van der Waals surface area contributed by atoms with Crippen LogP contribution >= 0.6 is 11.6 Å². The zero-order valence-electron chi connectivity index (χ0n) is 23.5. The summed E-state index contributed by atoms with van der Waals surface area (Å²) in [6.45, 7) is 10.7. The van der Waals surface area contributed by atoms with Crippen LogP contribution in [0.1, 0.15) is 48.4 Å². The second-order valence-corrected chi connectivity index (χ2v) is 12.0. The first-order valence-electron chi connectivity index (χ1n) is 13.4. The second kappa shape index (κ2) is 13.6. The van der Waals surface area contributed by atoms with Crippen molar-refractivity contribution in [3.8, 4) is 17.6 Å². The van der Waals surface area contributed by atoms with Crippen LogP contribution < -0.4 is 4.74 Å². The fraction of sp³-hybridized carbons (Fsp3) is 0.235. The number of halogens is 1. The van der Waals surface area contributed by atoms with Crippen molar-refractivity contribution in [2.75, 3.05) is 12.3 Å². The Morgan fingerprint density at radius 1 is 1.17 bits per heavy atom. The smallest absolute Gasteiger partial charge is 0.149 e. The minimum Gasteiger partial charge on any atom is -0.457 e. The van der Waals surface area contributed by atoms with Gasteiger partial charge in [0.05, 0.1) is 17.6 Å². The lowest BCUT2D eigenvalue weighted by atomic mass is 9.82. The van der Waals surface area contributed by atoms with Crippen LogP contribution in [0, 0.1) is 18.3 Å². The number of aryl methyl sites for hydroxylation is 1. The minimum atomic E-state index is -1.01. The summed E-state index contributed by atoms with van der Waals surface area (Å²) >= 11 is 6.16. The van der Waals surface area contributed by atoms with E-state index in [-0.39, 0.29) is 12.2 Å². The summed E-state index contributed by atoms with van der Waals surface area (Å²) in [7, 11) is -1.01. The summed E-state index contributed by atoms with van der Waals surface area (Å²) in [5.74, 6) is 1.21. The molecule has 2 atom stereocenters. The second-order valence-electron chi connectivity index (χ2n) is 10.1. The molecule has 7 heteroatoms. The molecule has 0 radical (unpaired) electrons. The van der Waals surface area contributed by atoms with Crippen molar-refractivity contribution in [1.82, 2.24) is 4.31 Å². The van der Waals surface area contributed by atoms with Gasteiger partial charge in [0, 0.05) is 29.4 Å². The number of nitrogens with zero attached hydrogens (tertiary/aromatic N) is 2. The number of ether oxygens (including phenoxy) is 1. The summed E-state index contributed by atoms with van der Waals surface area (Å²) < 4.78 is 20.4. The lowest BCUT2D eigenvalue weighted by Gasteiger charge is -2.22. The zero-order chi connectivity index (χ0) is 29.5. The van der Waals surface area contributed by atoms with Crippen LogP contribution in [0.4, 0.5) is 0 Å². The van der Waals surface area contributed by atoms with E-state index in [0.717, 1.165) is 46.5 Å². The quantitative estimate of drug-likeness (QED) is 0.226. The fourth-order valence-corrected chi connectivity index (χ4v) is 6.55. The number of Topliss-reactive ketones (excluding diaryl/α,β-unsaturated/α-hetero) is 1. The molecule has 0 aromatic heterocycles. The minimum absolute atomic E-state index is 0.0191. The molecule has 0 spiro atoms. The van der Waals surface area contributed by atoms with Gasteiger partial charge in [-0.05, 0) is 85.4 Å². The number of hydrogen-bond acceptors (Lipinski definition) is 4. The maximum atomic E-state index is 14.0. The van der Waals surface area contributed by atoms with Crippen LogP contribution in [0.2, 0.25) is 5.02 Å². The molecule has 1 heterocycles. The van der Waals surface area contributed by atoms with Gasteiger partial charge in [-0.15, -0.1) is 0 Å². The topological polar surface area (TPSA) is 70.4 Å². The van der Waals surface area contributed by atoms with Crippen molar-refractivity contribution < 1.29 is 13.7 Å². The monoisotopic (exact) mass is 584 g/mol. The van der Waals surface area contributed by atoms with E-state index in [1.165, 1.54) is 0 Å². The molecule has 210 valence electrons. The first kappa shape index (κ1) is 30.0. The van der Waals surface area contributed by atoms with Crippen LogP contribution in [0.15, 0.2) is 102 Å². The van der Waals surface area contributed by atoms with E-state index >= 15 is 0 Å². The number of ketones is 1. The lowest BCUT2D eigenvalue weighted by molar-refractivity contribution is -0.119. The molecule has 1 saturated heterocycles. The van der Waals surface area contributed by atoms with Gasteiger partial charge in [0.1, 0.15) is 28.3 Å². The highest BCUT2D eigenvalue weighted by Gasteiger charge is 2.26. The van der Waals surface area contributed by atoms with E-state index in [1.807, 2.05) is 79.7 Å². The third kappa shape index (κ3) is 7.43. The van der Waals surface area contributed by atoms with Gasteiger partial charge in [0.25, 0.3) is 0 Å². The van der Waals surface area contributed by atoms with Crippen LogP contribution in [0.3, 0.4) is 0 Å². The van der Waals surface area contributed by atoms with Gasteiger partial charge in [-0.25, -0.2) is 4.21 Å². The molecule has 2 unspecified atom stereocenters. The Labute approximate surface area is 250 Å². The van der Waals surface area contributed by atoms with E-state index in [1.54, 1.807) is 24.3 Å². The third-order valence-corrected chi connectivity index (χ3v) is 8.86. The molecule has 0 aliphatic carbocycles. The van der Waals surface area contributed by atoms with E-state index in [2.05, 4.69) is 12.6 Å². The van der Waals surface area contributed by atoms with Gasteiger partial charge in [0.2, 0.25) is 0 Å². The van der Waals surface area contributed by atoms with E-state index < -0.39 is 16.9 Å². The van der Waals surface area contributed by atoms with E-state index in [4.69, 9.17) is 16.3 Å². The Hall–Kier alpha value is -3.92. The summed E-state index contributed by atoms with van der Waals surface area (Å²) in [5.41, 5.74) is 5.62. The molecule has 0 bridgehead atoms. The standard InChI is InChI=1S/C34H33ClN2O3S/c1-5-31(24(3)16-25(4)37-14-9-15-41(37)39)34(28-10-7-6-8-11-28)32(38)19-26-13-12-23(2)33(20-26)40-30-18-27(22-36)17-29(35)21-30/h5-8,10-13,16-18,20-21,34H,1,9,14-15,19H2,2-4H3/b25-16+,31-24+. The Bertz CT molecular complexity index is 1590. The molecule has 5 nitrogen and oxygen atoms in total. The summed E-state index contributed by atoms with van der Waals surface area (Å²) in [6.07, 6.45) is 4.84. The van der Waals surface area contributed by atoms with Crippen molar-refractivity contribution >= 4 is 28.4 Å². The molecular weight excluding hydrogens is 552 g/mol. The normalized spacial score (nSPS) is 16.5. The van der Waals surface area contributed by atoms with E-state index in [9.17, 15) is 14.3 Å². The number of carbonyl (C=O) groups is 1. The van der Waals surface area contributed by atoms with Crippen molar-refractivity contribution in [3.05, 3.63) is 130 Å². The number of allylic oxidation sites excluding steroid dienone is 5. The zero-order valence-corrected chi connectivity index (χ0v) is 25.1. The molecule has 0 saturated carbocycles. The van der Waals surface area contributed by atoms with Crippen LogP contribution in [0.5, 0.6) is 11.5 Å².